The highest BCUT2D eigenvalue weighted by atomic mass is 32.1. The lowest BCUT2D eigenvalue weighted by Crippen LogP contribution is -2.23. The van der Waals surface area contributed by atoms with Crippen molar-refractivity contribution in [3.05, 3.63) is 45.7 Å². The van der Waals surface area contributed by atoms with Crippen LogP contribution in [0.5, 0.6) is 0 Å². The van der Waals surface area contributed by atoms with Gasteiger partial charge in [-0.15, -0.1) is 11.3 Å². The average Bonchev–Trinajstić information content (AvgIpc) is 2.91. The van der Waals surface area contributed by atoms with Gasteiger partial charge >= 0.3 is 0 Å². The second-order valence-electron chi connectivity index (χ2n) is 6.20. The number of aryl methyl sites for hydroxylation is 1. The number of rotatable bonds is 6. The highest BCUT2D eigenvalue weighted by Gasteiger charge is 2.13. The molecule has 0 aliphatic heterocycles. The highest BCUT2D eigenvalue weighted by Crippen LogP contribution is 2.31. The van der Waals surface area contributed by atoms with E-state index in [2.05, 4.69) is 39.5 Å². The second-order valence-corrected chi connectivity index (χ2v) is 7.06. The van der Waals surface area contributed by atoms with Crippen LogP contribution < -0.4 is 10.9 Å². The molecule has 7 heteroatoms. The number of anilines is 1. The smallest absolute Gasteiger partial charge is 0.253 e. The lowest BCUT2D eigenvalue weighted by atomic mass is 10.0. The summed E-state index contributed by atoms with van der Waals surface area (Å²) in [6.07, 6.45) is 4.07. The molecule has 126 valence electrons. The van der Waals surface area contributed by atoms with E-state index in [1.54, 1.807) is 22.2 Å². The van der Waals surface area contributed by atoms with Gasteiger partial charge in [-0.05, 0) is 30.2 Å². The maximum atomic E-state index is 11.7. The molecule has 0 bridgehead atoms. The summed E-state index contributed by atoms with van der Waals surface area (Å²) in [6, 6.07) is 1.46. The Bertz CT molecular complexity index is 899. The first-order valence-corrected chi connectivity index (χ1v) is 8.91. The molecule has 0 amide bonds. The van der Waals surface area contributed by atoms with Crippen molar-refractivity contribution in [1.29, 1.82) is 0 Å². The summed E-state index contributed by atoms with van der Waals surface area (Å²) in [5, 5.41) is 6.66. The number of hydrogen-bond acceptors (Lipinski definition) is 6. The molecule has 6 nitrogen and oxygen atoms in total. The van der Waals surface area contributed by atoms with Gasteiger partial charge in [0.1, 0.15) is 16.5 Å². The molecule has 0 aromatic carbocycles. The van der Waals surface area contributed by atoms with Crippen LogP contribution in [0.25, 0.3) is 10.2 Å². The van der Waals surface area contributed by atoms with Gasteiger partial charge in [-0.2, -0.15) is 0 Å². The van der Waals surface area contributed by atoms with Crippen molar-refractivity contribution in [2.75, 3.05) is 11.9 Å². The predicted molar refractivity (Wildman–Crippen MR) is 97.7 cm³/mol. The maximum Gasteiger partial charge on any atom is 0.253 e. The zero-order valence-corrected chi connectivity index (χ0v) is 14.9. The Morgan fingerprint density at radius 3 is 2.92 bits per heavy atom. The molecule has 3 aromatic heterocycles. The Morgan fingerprint density at radius 2 is 2.17 bits per heavy atom. The molecule has 3 aromatic rings. The van der Waals surface area contributed by atoms with Crippen molar-refractivity contribution in [3.8, 4) is 0 Å². The third-order valence-corrected chi connectivity index (χ3v) is 4.61. The Balaban J connectivity index is 1.84. The average molecular weight is 343 g/mol. The molecule has 0 aliphatic rings. The molecule has 3 rings (SSSR count). The molecule has 0 spiro atoms. The van der Waals surface area contributed by atoms with E-state index in [0.29, 0.717) is 19.0 Å². The topological polar surface area (TPSA) is 72.7 Å². The first-order valence-electron chi connectivity index (χ1n) is 8.03. The van der Waals surface area contributed by atoms with Crippen LogP contribution in [0, 0.1) is 12.8 Å². The van der Waals surface area contributed by atoms with Crippen molar-refractivity contribution in [2.24, 2.45) is 5.92 Å². The van der Waals surface area contributed by atoms with Crippen molar-refractivity contribution in [1.82, 2.24) is 19.5 Å². The fraction of sp³-hybridized carbons (Fsp3) is 0.412. The van der Waals surface area contributed by atoms with Crippen molar-refractivity contribution in [3.63, 3.8) is 0 Å². The Kier molecular flexibility index (Phi) is 4.89. The lowest BCUT2D eigenvalue weighted by Gasteiger charge is -2.11. The summed E-state index contributed by atoms with van der Waals surface area (Å²) in [5.74, 6) is 2.18. The van der Waals surface area contributed by atoms with Crippen LogP contribution in [-0.4, -0.2) is 26.1 Å². The minimum absolute atomic E-state index is 0.0492. The zero-order chi connectivity index (χ0) is 17.1. The van der Waals surface area contributed by atoms with Crippen LogP contribution in [0.3, 0.4) is 0 Å². The van der Waals surface area contributed by atoms with Crippen LogP contribution in [0.1, 0.15) is 25.2 Å². The summed E-state index contributed by atoms with van der Waals surface area (Å²) in [5.41, 5.74) is 1.23. The van der Waals surface area contributed by atoms with Crippen LogP contribution in [0.15, 0.2) is 28.8 Å². The number of thiophene rings is 1. The summed E-state index contributed by atoms with van der Waals surface area (Å²) in [6.45, 7) is 7.47. The fourth-order valence-corrected chi connectivity index (χ4v) is 3.66. The standard InChI is InChI=1S/C17H21N5OS/c1-11(2)8-13-9-24-17-15(13)16(20-12(3)21-17)19-6-7-22-10-18-5-4-14(22)23/h4-5,9-11H,6-8H2,1-3H3,(H,19,20,21). The van der Waals surface area contributed by atoms with Gasteiger partial charge in [0.2, 0.25) is 0 Å². The summed E-state index contributed by atoms with van der Waals surface area (Å²) in [4.78, 5) is 25.9. The van der Waals surface area contributed by atoms with E-state index in [9.17, 15) is 4.79 Å². The molecule has 0 atom stereocenters. The predicted octanol–water partition coefficient (Wildman–Crippen LogP) is 2.87. The van der Waals surface area contributed by atoms with Crippen molar-refractivity contribution < 1.29 is 0 Å². The molecule has 24 heavy (non-hydrogen) atoms. The van der Waals surface area contributed by atoms with Crippen LogP contribution in [-0.2, 0) is 13.0 Å². The number of aromatic nitrogens is 4. The molecule has 0 aliphatic carbocycles. The van der Waals surface area contributed by atoms with Gasteiger partial charge in [0.05, 0.1) is 11.7 Å². The molecule has 0 saturated heterocycles. The van der Waals surface area contributed by atoms with Gasteiger partial charge in [-0.3, -0.25) is 9.36 Å². The number of nitrogens with one attached hydrogen (secondary N) is 1. The SMILES string of the molecule is Cc1nc(NCCn2cnccc2=O)c2c(CC(C)C)csc2n1. The first-order chi connectivity index (χ1) is 11.5. The third-order valence-electron chi connectivity index (χ3n) is 3.69. The number of nitrogens with zero attached hydrogens (tertiary/aromatic N) is 4. The summed E-state index contributed by atoms with van der Waals surface area (Å²) in [7, 11) is 0. The molecule has 0 saturated carbocycles. The van der Waals surface area contributed by atoms with E-state index in [4.69, 9.17) is 0 Å². The van der Waals surface area contributed by atoms with Gasteiger partial charge in [0.15, 0.2) is 0 Å². The number of hydrogen-bond donors (Lipinski definition) is 1. The zero-order valence-electron chi connectivity index (χ0n) is 14.1. The van der Waals surface area contributed by atoms with E-state index < -0.39 is 0 Å². The Labute approximate surface area is 144 Å². The van der Waals surface area contributed by atoms with Crippen LogP contribution in [0.2, 0.25) is 0 Å². The van der Waals surface area contributed by atoms with Crippen LogP contribution >= 0.6 is 11.3 Å². The van der Waals surface area contributed by atoms with Gasteiger partial charge in [-0.1, -0.05) is 13.8 Å². The van der Waals surface area contributed by atoms with E-state index in [1.165, 1.54) is 17.8 Å². The van der Waals surface area contributed by atoms with E-state index in [-0.39, 0.29) is 5.56 Å². The molecule has 1 N–H and O–H groups in total. The van der Waals surface area contributed by atoms with E-state index in [0.717, 1.165) is 28.3 Å². The maximum absolute atomic E-state index is 11.7. The number of fused-ring (bicyclic) bond motifs is 1. The Morgan fingerprint density at radius 1 is 1.33 bits per heavy atom. The largest absolute Gasteiger partial charge is 0.368 e. The second kappa shape index (κ2) is 7.09. The van der Waals surface area contributed by atoms with Gasteiger partial charge in [-0.25, -0.2) is 15.0 Å². The van der Waals surface area contributed by atoms with E-state index in [1.807, 2.05) is 6.92 Å². The Hall–Kier alpha value is -2.28. The van der Waals surface area contributed by atoms with Gasteiger partial charge in [0.25, 0.3) is 5.56 Å². The molecule has 0 unspecified atom stereocenters. The van der Waals surface area contributed by atoms with Crippen LogP contribution in [0.4, 0.5) is 5.82 Å². The lowest BCUT2D eigenvalue weighted by molar-refractivity contribution is 0.651. The van der Waals surface area contributed by atoms with Gasteiger partial charge in [0, 0.05) is 25.4 Å². The molecular weight excluding hydrogens is 322 g/mol. The monoisotopic (exact) mass is 343 g/mol. The summed E-state index contributed by atoms with van der Waals surface area (Å²) >= 11 is 1.66. The minimum Gasteiger partial charge on any atom is -0.368 e. The van der Waals surface area contributed by atoms with Gasteiger partial charge < -0.3 is 5.32 Å². The summed E-state index contributed by atoms with van der Waals surface area (Å²) < 4.78 is 1.58. The highest BCUT2D eigenvalue weighted by molar-refractivity contribution is 7.17. The first kappa shape index (κ1) is 16.6. The van der Waals surface area contributed by atoms with Crippen molar-refractivity contribution >= 4 is 27.4 Å². The third kappa shape index (κ3) is 3.62. The molecule has 3 heterocycles. The van der Waals surface area contributed by atoms with Crippen molar-refractivity contribution in [2.45, 2.75) is 33.7 Å². The van der Waals surface area contributed by atoms with E-state index >= 15 is 0 Å². The quantitative estimate of drug-likeness (QED) is 0.745. The molecule has 0 radical (unpaired) electrons. The minimum atomic E-state index is -0.0492. The molecule has 0 fully saturated rings. The fourth-order valence-electron chi connectivity index (χ4n) is 2.67. The molecular formula is C17H21N5OS. The normalized spacial score (nSPS) is 11.3.